The van der Waals surface area contributed by atoms with Crippen molar-refractivity contribution in [2.24, 2.45) is 0 Å². The Kier molecular flexibility index (Phi) is 5.39. The molecule has 1 fully saturated rings. The number of nitrogens with one attached hydrogen (secondary N) is 1. The molecule has 3 heterocycles. The summed E-state index contributed by atoms with van der Waals surface area (Å²) >= 11 is 0. The van der Waals surface area contributed by atoms with Crippen molar-refractivity contribution in [1.29, 1.82) is 0 Å². The third kappa shape index (κ3) is 4.49. The highest BCUT2D eigenvalue weighted by molar-refractivity contribution is 5.89. The van der Waals surface area contributed by atoms with E-state index in [1.807, 2.05) is 35.4 Å². The monoisotopic (exact) mass is 368 g/mol. The Morgan fingerprint density at radius 1 is 1.07 bits per heavy atom. The normalized spacial score (nSPS) is 17.3. The predicted molar refractivity (Wildman–Crippen MR) is 102 cm³/mol. The summed E-state index contributed by atoms with van der Waals surface area (Å²) in [6.45, 7) is 5.24. The molecule has 0 saturated carbocycles. The molecule has 7 nitrogen and oxygen atoms in total. The second-order valence-electron chi connectivity index (χ2n) is 6.77. The summed E-state index contributed by atoms with van der Waals surface area (Å²) in [6.07, 6.45) is 4.64. The van der Waals surface area contributed by atoms with Gasteiger partial charge in [0, 0.05) is 56.9 Å². The van der Waals surface area contributed by atoms with Crippen molar-refractivity contribution in [3.8, 4) is 11.5 Å². The molecule has 0 spiro atoms. The number of pyridine rings is 1. The number of hydrogen-bond acceptors (Lipinski definition) is 5. The van der Waals surface area contributed by atoms with Gasteiger partial charge >= 0.3 is 6.03 Å². The van der Waals surface area contributed by atoms with Crippen molar-refractivity contribution in [2.45, 2.75) is 13.0 Å². The minimum atomic E-state index is -0.0742. The maximum absolute atomic E-state index is 12.7. The Bertz CT molecular complexity index is 784. The third-order valence-corrected chi connectivity index (χ3v) is 4.80. The van der Waals surface area contributed by atoms with Crippen LogP contribution in [0, 0.1) is 0 Å². The van der Waals surface area contributed by atoms with Gasteiger partial charge in [0.15, 0.2) is 11.5 Å². The molecule has 27 heavy (non-hydrogen) atoms. The first-order chi connectivity index (χ1) is 13.3. The van der Waals surface area contributed by atoms with Gasteiger partial charge in [-0.3, -0.25) is 9.88 Å². The zero-order chi connectivity index (χ0) is 18.5. The van der Waals surface area contributed by atoms with Gasteiger partial charge in [0.2, 0.25) is 0 Å². The van der Waals surface area contributed by atoms with Crippen LogP contribution in [0.15, 0.2) is 42.7 Å². The number of anilines is 1. The Morgan fingerprint density at radius 2 is 1.96 bits per heavy atom. The van der Waals surface area contributed by atoms with Crippen LogP contribution in [0.2, 0.25) is 0 Å². The number of benzene rings is 1. The van der Waals surface area contributed by atoms with E-state index in [1.54, 1.807) is 6.20 Å². The van der Waals surface area contributed by atoms with E-state index in [0.29, 0.717) is 25.5 Å². The van der Waals surface area contributed by atoms with Gasteiger partial charge in [0.25, 0.3) is 0 Å². The molecule has 4 rings (SSSR count). The van der Waals surface area contributed by atoms with Crippen molar-refractivity contribution >= 4 is 11.7 Å². The fraction of sp³-hybridized carbons (Fsp3) is 0.400. The fourth-order valence-electron chi connectivity index (χ4n) is 3.41. The molecular formula is C20H24N4O3. The molecule has 0 atom stereocenters. The van der Waals surface area contributed by atoms with E-state index < -0.39 is 0 Å². The fourth-order valence-corrected chi connectivity index (χ4v) is 3.41. The van der Waals surface area contributed by atoms with E-state index in [1.165, 1.54) is 5.56 Å². The molecule has 0 bridgehead atoms. The molecular weight excluding hydrogens is 344 g/mol. The lowest BCUT2D eigenvalue weighted by Crippen LogP contribution is -2.38. The number of ether oxygens (including phenoxy) is 2. The van der Waals surface area contributed by atoms with E-state index in [2.05, 4.69) is 21.3 Å². The number of rotatable bonds is 3. The van der Waals surface area contributed by atoms with E-state index in [-0.39, 0.29) is 6.03 Å². The molecule has 0 radical (unpaired) electrons. The van der Waals surface area contributed by atoms with Crippen LogP contribution in [0.25, 0.3) is 0 Å². The molecule has 1 aromatic heterocycles. The van der Waals surface area contributed by atoms with Crippen LogP contribution >= 0.6 is 0 Å². The van der Waals surface area contributed by atoms with Crippen LogP contribution in [-0.4, -0.2) is 60.2 Å². The summed E-state index contributed by atoms with van der Waals surface area (Å²) < 4.78 is 11.1. The van der Waals surface area contributed by atoms with E-state index in [4.69, 9.17) is 9.47 Å². The van der Waals surface area contributed by atoms with Crippen molar-refractivity contribution < 1.29 is 14.3 Å². The largest absolute Gasteiger partial charge is 0.486 e. The number of fused-ring (bicyclic) bond motifs is 1. The number of urea groups is 1. The number of aromatic nitrogens is 1. The van der Waals surface area contributed by atoms with Gasteiger partial charge in [0.1, 0.15) is 13.2 Å². The topological polar surface area (TPSA) is 66.9 Å². The average Bonchev–Trinajstić information content (AvgIpc) is 2.94. The summed E-state index contributed by atoms with van der Waals surface area (Å²) in [7, 11) is 0. The Balaban J connectivity index is 1.33. The molecule has 1 N–H and O–H groups in total. The summed E-state index contributed by atoms with van der Waals surface area (Å²) in [5.74, 6) is 1.40. The Labute approximate surface area is 158 Å². The summed E-state index contributed by atoms with van der Waals surface area (Å²) in [4.78, 5) is 21.1. The number of nitrogens with zero attached hydrogens (tertiary/aromatic N) is 3. The second-order valence-corrected chi connectivity index (χ2v) is 6.77. The lowest BCUT2D eigenvalue weighted by atomic mass is 10.2. The average molecular weight is 368 g/mol. The van der Waals surface area contributed by atoms with Crippen LogP contribution in [0.4, 0.5) is 10.5 Å². The zero-order valence-corrected chi connectivity index (χ0v) is 15.3. The van der Waals surface area contributed by atoms with Gasteiger partial charge in [-0.1, -0.05) is 6.07 Å². The maximum Gasteiger partial charge on any atom is 0.321 e. The molecule has 2 aliphatic rings. The lowest BCUT2D eigenvalue weighted by molar-refractivity contribution is 0.171. The van der Waals surface area contributed by atoms with E-state index in [0.717, 1.165) is 44.0 Å². The number of amides is 2. The smallest absolute Gasteiger partial charge is 0.321 e. The zero-order valence-electron chi connectivity index (χ0n) is 15.3. The van der Waals surface area contributed by atoms with Crippen LogP contribution in [0.5, 0.6) is 11.5 Å². The highest BCUT2D eigenvalue weighted by Crippen LogP contribution is 2.32. The minimum absolute atomic E-state index is 0.0742. The van der Waals surface area contributed by atoms with Crippen molar-refractivity contribution in [2.75, 3.05) is 44.7 Å². The van der Waals surface area contributed by atoms with Gasteiger partial charge < -0.3 is 19.7 Å². The SMILES string of the molecule is O=C(Nc1ccc2c(c1)OCCO2)N1CCCN(Cc2cccnc2)CC1. The molecule has 2 aliphatic heterocycles. The molecule has 1 aromatic carbocycles. The number of carbonyl (C=O) groups is 1. The summed E-state index contributed by atoms with van der Waals surface area (Å²) in [5, 5.41) is 2.98. The first-order valence-electron chi connectivity index (χ1n) is 9.35. The molecule has 7 heteroatoms. The maximum atomic E-state index is 12.7. The predicted octanol–water partition coefficient (Wildman–Crippen LogP) is 2.59. The van der Waals surface area contributed by atoms with Gasteiger partial charge in [-0.05, 0) is 30.2 Å². The van der Waals surface area contributed by atoms with Gasteiger partial charge in [-0.15, -0.1) is 0 Å². The molecule has 2 amide bonds. The van der Waals surface area contributed by atoms with Gasteiger partial charge in [-0.25, -0.2) is 4.79 Å². The quantitative estimate of drug-likeness (QED) is 0.902. The van der Waals surface area contributed by atoms with Crippen LogP contribution < -0.4 is 14.8 Å². The molecule has 1 saturated heterocycles. The van der Waals surface area contributed by atoms with Gasteiger partial charge in [-0.2, -0.15) is 0 Å². The number of carbonyl (C=O) groups excluding carboxylic acids is 1. The minimum Gasteiger partial charge on any atom is -0.486 e. The first kappa shape index (κ1) is 17.6. The summed E-state index contributed by atoms with van der Waals surface area (Å²) in [5.41, 5.74) is 1.92. The van der Waals surface area contributed by atoms with Crippen molar-refractivity contribution in [3.05, 3.63) is 48.3 Å². The molecule has 0 unspecified atom stereocenters. The van der Waals surface area contributed by atoms with Crippen molar-refractivity contribution in [1.82, 2.24) is 14.8 Å². The molecule has 2 aromatic rings. The standard InChI is InChI=1S/C20H24N4O3/c25-20(22-17-4-5-18-19(13-17)27-12-11-26-18)24-8-2-7-23(9-10-24)15-16-3-1-6-21-14-16/h1,3-6,13-14H,2,7-12,15H2,(H,22,25). The summed E-state index contributed by atoms with van der Waals surface area (Å²) in [6, 6.07) is 9.47. The highest BCUT2D eigenvalue weighted by atomic mass is 16.6. The molecule has 0 aliphatic carbocycles. The van der Waals surface area contributed by atoms with E-state index >= 15 is 0 Å². The van der Waals surface area contributed by atoms with Crippen LogP contribution in [0.3, 0.4) is 0 Å². The van der Waals surface area contributed by atoms with Crippen LogP contribution in [0.1, 0.15) is 12.0 Å². The van der Waals surface area contributed by atoms with Crippen LogP contribution in [-0.2, 0) is 6.54 Å². The lowest BCUT2D eigenvalue weighted by Gasteiger charge is -2.23. The molecule has 142 valence electrons. The van der Waals surface area contributed by atoms with Crippen molar-refractivity contribution in [3.63, 3.8) is 0 Å². The Morgan fingerprint density at radius 3 is 2.81 bits per heavy atom. The highest BCUT2D eigenvalue weighted by Gasteiger charge is 2.20. The second kappa shape index (κ2) is 8.26. The Hall–Kier alpha value is -2.80. The van der Waals surface area contributed by atoms with Gasteiger partial charge in [0.05, 0.1) is 0 Å². The first-order valence-corrected chi connectivity index (χ1v) is 9.35. The number of hydrogen-bond donors (Lipinski definition) is 1. The third-order valence-electron chi connectivity index (χ3n) is 4.80. The van der Waals surface area contributed by atoms with E-state index in [9.17, 15) is 4.79 Å².